The van der Waals surface area contributed by atoms with Crippen molar-refractivity contribution in [2.75, 3.05) is 6.54 Å². The molecule has 0 bridgehead atoms. The summed E-state index contributed by atoms with van der Waals surface area (Å²) in [6.45, 7) is 4.01. The van der Waals surface area contributed by atoms with Crippen LogP contribution in [0.3, 0.4) is 0 Å². The molecule has 8 heteroatoms. The molecular formula is C19H22FN5O2. The molecule has 2 aromatic heterocycles. The van der Waals surface area contributed by atoms with Crippen molar-refractivity contribution in [2.24, 2.45) is 0 Å². The predicted molar refractivity (Wildman–Crippen MR) is 98.4 cm³/mol. The zero-order valence-electron chi connectivity index (χ0n) is 15.1. The van der Waals surface area contributed by atoms with Crippen molar-refractivity contribution < 1.29 is 14.3 Å². The first-order chi connectivity index (χ1) is 13.1. The highest BCUT2D eigenvalue weighted by atomic mass is 19.1. The van der Waals surface area contributed by atoms with Crippen molar-refractivity contribution in [3.8, 4) is 0 Å². The Bertz CT molecular complexity index is 994. The van der Waals surface area contributed by atoms with E-state index < -0.39 is 0 Å². The number of carbonyl (C=O) groups excluding carboxylic acids is 1. The predicted octanol–water partition coefficient (Wildman–Crippen LogP) is 2.28. The van der Waals surface area contributed by atoms with Gasteiger partial charge in [-0.1, -0.05) is 0 Å². The summed E-state index contributed by atoms with van der Waals surface area (Å²) in [5.74, 6) is -0.284. The van der Waals surface area contributed by atoms with Crippen LogP contribution < -0.4 is 5.32 Å². The average Bonchev–Trinajstić information content (AvgIpc) is 3.25. The van der Waals surface area contributed by atoms with Crippen LogP contribution in [0.25, 0.3) is 10.9 Å². The Balaban J connectivity index is 1.43. The molecule has 3 N–H and O–H groups in total. The number of aliphatic hydroxyl groups is 1. The zero-order chi connectivity index (χ0) is 19.0. The first-order valence-corrected chi connectivity index (χ1v) is 9.07. The fourth-order valence-electron chi connectivity index (χ4n) is 3.67. The van der Waals surface area contributed by atoms with E-state index in [2.05, 4.69) is 15.4 Å². The lowest BCUT2D eigenvalue weighted by atomic mass is 10.1. The standard InChI is InChI=1S/C19H22FN5O2/c1-2-25-18-5-6-24(10-15(18)17(11-26)23-25)19(27)21-9-14-8-12-7-13(20)3-4-16(12)22-14/h3-4,7-8,22,26H,2,5-6,9-11H2,1H3,(H,21,27). The van der Waals surface area contributed by atoms with Crippen LogP contribution in [0, 0.1) is 5.82 Å². The van der Waals surface area contributed by atoms with Gasteiger partial charge in [0.2, 0.25) is 0 Å². The largest absolute Gasteiger partial charge is 0.390 e. The highest BCUT2D eigenvalue weighted by Crippen LogP contribution is 2.23. The van der Waals surface area contributed by atoms with Crippen LogP contribution in [0.5, 0.6) is 0 Å². The third-order valence-electron chi connectivity index (χ3n) is 5.02. The average molecular weight is 371 g/mol. The van der Waals surface area contributed by atoms with Crippen molar-refractivity contribution >= 4 is 16.9 Å². The molecule has 7 nitrogen and oxygen atoms in total. The Hall–Kier alpha value is -2.87. The monoisotopic (exact) mass is 371 g/mol. The molecule has 0 aliphatic carbocycles. The number of amides is 2. The van der Waals surface area contributed by atoms with Gasteiger partial charge in [-0.05, 0) is 31.2 Å². The Morgan fingerprint density at radius 1 is 1.41 bits per heavy atom. The molecule has 3 heterocycles. The van der Waals surface area contributed by atoms with Gasteiger partial charge in [-0.25, -0.2) is 9.18 Å². The van der Waals surface area contributed by atoms with Crippen molar-refractivity contribution in [3.63, 3.8) is 0 Å². The number of carbonyl (C=O) groups is 1. The number of aryl methyl sites for hydroxylation is 1. The van der Waals surface area contributed by atoms with Gasteiger partial charge in [0.15, 0.2) is 0 Å². The summed E-state index contributed by atoms with van der Waals surface area (Å²) in [5.41, 5.74) is 4.34. The van der Waals surface area contributed by atoms with E-state index in [1.165, 1.54) is 12.1 Å². The fourth-order valence-corrected chi connectivity index (χ4v) is 3.67. The van der Waals surface area contributed by atoms with Gasteiger partial charge in [0, 0.05) is 47.4 Å². The topological polar surface area (TPSA) is 86.2 Å². The van der Waals surface area contributed by atoms with Gasteiger partial charge < -0.3 is 20.3 Å². The van der Waals surface area contributed by atoms with Crippen molar-refractivity contribution in [3.05, 3.63) is 52.7 Å². The number of benzene rings is 1. The van der Waals surface area contributed by atoms with Crippen molar-refractivity contribution in [1.29, 1.82) is 0 Å². The van der Waals surface area contributed by atoms with Gasteiger partial charge in [-0.3, -0.25) is 4.68 Å². The minimum atomic E-state index is -0.284. The molecule has 0 atom stereocenters. The van der Waals surface area contributed by atoms with Crippen molar-refractivity contribution in [1.82, 2.24) is 25.0 Å². The van der Waals surface area contributed by atoms with Gasteiger partial charge in [-0.15, -0.1) is 0 Å². The summed E-state index contributed by atoms with van der Waals surface area (Å²) in [4.78, 5) is 17.5. The molecule has 3 aromatic rings. The summed E-state index contributed by atoms with van der Waals surface area (Å²) in [7, 11) is 0. The molecule has 142 valence electrons. The van der Waals surface area contributed by atoms with Gasteiger partial charge in [0.1, 0.15) is 5.82 Å². The first kappa shape index (κ1) is 17.5. The fraction of sp³-hybridized carbons (Fsp3) is 0.368. The van der Waals surface area contributed by atoms with Crippen LogP contribution in [0.2, 0.25) is 0 Å². The number of halogens is 1. The summed E-state index contributed by atoms with van der Waals surface area (Å²) in [6.07, 6.45) is 0.718. The van der Waals surface area contributed by atoms with Gasteiger partial charge in [0.05, 0.1) is 25.4 Å². The molecule has 0 saturated carbocycles. The Kier molecular flexibility index (Phi) is 4.57. The lowest BCUT2D eigenvalue weighted by Crippen LogP contribution is -2.42. The molecule has 27 heavy (non-hydrogen) atoms. The molecule has 1 aromatic carbocycles. The normalized spacial score (nSPS) is 13.8. The zero-order valence-corrected chi connectivity index (χ0v) is 15.1. The number of urea groups is 1. The third-order valence-corrected chi connectivity index (χ3v) is 5.02. The van der Waals surface area contributed by atoms with Gasteiger partial charge in [0.25, 0.3) is 0 Å². The van der Waals surface area contributed by atoms with E-state index in [9.17, 15) is 14.3 Å². The lowest BCUT2D eigenvalue weighted by Gasteiger charge is -2.28. The van der Waals surface area contributed by atoms with Crippen LogP contribution in [0.1, 0.15) is 29.6 Å². The summed E-state index contributed by atoms with van der Waals surface area (Å²) in [6, 6.07) is 6.22. The molecule has 2 amide bonds. The second kappa shape index (κ2) is 7.03. The molecule has 1 aliphatic rings. The lowest BCUT2D eigenvalue weighted by molar-refractivity contribution is 0.190. The Morgan fingerprint density at radius 3 is 3.04 bits per heavy atom. The molecule has 4 rings (SSSR count). The van der Waals surface area contributed by atoms with Crippen LogP contribution >= 0.6 is 0 Å². The Morgan fingerprint density at radius 2 is 2.26 bits per heavy atom. The highest BCUT2D eigenvalue weighted by Gasteiger charge is 2.26. The number of aliphatic hydroxyl groups excluding tert-OH is 1. The van der Waals surface area contributed by atoms with E-state index in [0.29, 0.717) is 25.3 Å². The van der Waals surface area contributed by atoms with E-state index >= 15 is 0 Å². The summed E-state index contributed by atoms with van der Waals surface area (Å²) in [5, 5.41) is 17.6. The maximum atomic E-state index is 13.3. The highest BCUT2D eigenvalue weighted by molar-refractivity contribution is 5.80. The quantitative estimate of drug-likeness (QED) is 0.658. The number of fused-ring (bicyclic) bond motifs is 2. The van der Waals surface area contributed by atoms with E-state index in [-0.39, 0.29) is 18.5 Å². The molecule has 0 unspecified atom stereocenters. The van der Waals surface area contributed by atoms with Crippen LogP contribution in [-0.2, 0) is 32.7 Å². The second-order valence-electron chi connectivity index (χ2n) is 6.70. The molecule has 0 spiro atoms. The number of rotatable bonds is 4. The molecule has 1 aliphatic heterocycles. The number of hydrogen-bond acceptors (Lipinski definition) is 3. The summed E-state index contributed by atoms with van der Waals surface area (Å²) >= 11 is 0. The van der Waals surface area contributed by atoms with Gasteiger partial charge >= 0.3 is 6.03 Å². The van der Waals surface area contributed by atoms with Crippen LogP contribution in [-0.4, -0.2) is 37.3 Å². The Labute approximate surface area is 155 Å². The SMILES string of the molecule is CCn1nc(CO)c2c1CCN(C(=O)NCc1cc3cc(F)ccc3[nH]1)C2. The smallest absolute Gasteiger partial charge is 0.318 e. The molecular weight excluding hydrogens is 349 g/mol. The van der Waals surface area contributed by atoms with E-state index in [4.69, 9.17) is 0 Å². The summed E-state index contributed by atoms with van der Waals surface area (Å²) < 4.78 is 15.2. The maximum absolute atomic E-state index is 13.3. The van der Waals surface area contributed by atoms with Crippen molar-refractivity contribution in [2.45, 2.75) is 39.6 Å². The molecule has 0 saturated heterocycles. The van der Waals surface area contributed by atoms with Gasteiger partial charge in [-0.2, -0.15) is 5.10 Å². The van der Waals surface area contributed by atoms with Crippen LogP contribution in [0.4, 0.5) is 9.18 Å². The maximum Gasteiger partial charge on any atom is 0.318 e. The number of nitrogens with zero attached hydrogens (tertiary/aromatic N) is 3. The number of nitrogens with one attached hydrogen (secondary N) is 2. The number of hydrogen-bond donors (Lipinski definition) is 3. The minimum Gasteiger partial charge on any atom is -0.390 e. The first-order valence-electron chi connectivity index (χ1n) is 9.07. The number of aromatic nitrogens is 3. The third kappa shape index (κ3) is 3.28. The second-order valence-corrected chi connectivity index (χ2v) is 6.70. The minimum absolute atomic E-state index is 0.129. The molecule has 0 fully saturated rings. The van der Waals surface area contributed by atoms with E-state index in [1.54, 1.807) is 11.0 Å². The van der Waals surface area contributed by atoms with Crippen LogP contribution in [0.15, 0.2) is 24.3 Å². The number of H-pyrrole nitrogens is 1. The van der Waals surface area contributed by atoms with E-state index in [1.807, 2.05) is 17.7 Å². The number of aromatic amines is 1. The van der Waals surface area contributed by atoms with E-state index in [0.717, 1.165) is 40.8 Å². The molecule has 0 radical (unpaired) electrons.